The van der Waals surface area contributed by atoms with Crippen molar-refractivity contribution in [2.75, 3.05) is 19.6 Å². The van der Waals surface area contributed by atoms with Crippen molar-refractivity contribution in [1.29, 1.82) is 0 Å². The summed E-state index contributed by atoms with van der Waals surface area (Å²) in [6.07, 6.45) is 1.15. The highest BCUT2D eigenvalue weighted by Gasteiger charge is 2.30. The Labute approximate surface area is 147 Å². The van der Waals surface area contributed by atoms with E-state index < -0.39 is 6.04 Å². The molecule has 1 unspecified atom stereocenters. The maximum atomic E-state index is 12.7. The van der Waals surface area contributed by atoms with Crippen LogP contribution in [-0.2, 0) is 11.3 Å². The van der Waals surface area contributed by atoms with E-state index in [4.69, 9.17) is 5.73 Å². The van der Waals surface area contributed by atoms with Crippen LogP contribution in [0.5, 0.6) is 0 Å². The minimum atomic E-state index is -0.394. The van der Waals surface area contributed by atoms with Gasteiger partial charge in [0, 0.05) is 25.7 Å². The molecule has 2 rings (SSSR count). The van der Waals surface area contributed by atoms with Crippen molar-refractivity contribution in [3.05, 3.63) is 35.9 Å². The molecule has 1 fully saturated rings. The van der Waals surface area contributed by atoms with E-state index in [1.165, 1.54) is 5.56 Å². The van der Waals surface area contributed by atoms with Gasteiger partial charge < -0.3 is 10.6 Å². The van der Waals surface area contributed by atoms with Crippen LogP contribution in [0.2, 0.25) is 0 Å². The zero-order chi connectivity index (χ0) is 17.7. The summed E-state index contributed by atoms with van der Waals surface area (Å²) >= 11 is 0. The van der Waals surface area contributed by atoms with Gasteiger partial charge in [-0.25, -0.2) is 0 Å². The number of carbonyl (C=O) groups is 1. The maximum Gasteiger partial charge on any atom is 0.239 e. The topological polar surface area (TPSA) is 49.6 Å². The molecule has 4 nitrogen and oxygen atoms in total. The number of nitrogens with zero attached hydrogens (tertiary/aromatic N) is 2. The number of hydrogen-bond donors (Lipinski definition) is 1. The fourth-order valence-corrected chi connectivity index (χ4v) is 3.36. The monoisotopic (exact) mass is 331 g/mol. The molecule has 1 aliphatic heterocycles. The van der Waals surface area contributed by atoms with Crippen molar-refractivity contribution in [2.24, 2.45) is 17.6 Å². The second-order valence-corrected chi connectivity index (χ2v) is 7.73. The molecule has 134 valence electrons. The third-order valence-electron chi connectivity index (χ3n) is 4.98. The van der Waals surface area contributed by atoms with Crippen LogP contribution in [0.4, 0.5) is 0 Å². The number of carbonyl (C=O) groups excluding carboxylic acids is 1. The largest absolute Gasteiger partial charge is 0.339 e. The predicted octanol–water partition coefficient (Wildman–Crippen LogP) is 2.73. The molecule has 4 heteroatoms. The summed E-state index contributed by atoms with van der Waals surface area (Å²) in [4.78, 5) is 17.2. The Morgan fingerprint density at radius 2 is 1.92 bits per heavy atom. The molecule has 0 radical (unpaired) electrons. The fourth-order valence-electron chi connectivity index (χ4n) is 3.36. The number of rotatable bonds is 7. The average molecular weight is 332 g/mol. The summed E-state index contributed by atoms with van der Waals surface area (Å²) in [5, 5.41) is 0. The number of amides is 1. The molecule has 0 bridgehead atoms. The minimum Gasteiger partial charge on any atom is -0.339 e. The molecule has 0 aromatic heterocycles. The van der Waals surface area contributed by atoms with Gasteiger partial charge in [-0.3, -0.25) is 9.69 Å². The standard InChI is InChI=1S/C20H33N3O/c1-15(2)19(21)20(24)23(16(3)4)14-18-10-11-22(13-18)12-17-8-6-5-7-9-17/h5-9,15-16,18-19H,10-14,21H2,1-4H3/t18?,19-/m0/s1. The number of hydrogen-bond acceptors (Lipinski definition) is 3. The van der Waals surface area contributed by atoms with Crippen molar-refractivity contribution in [3.8, 4) is 0 Å². The van der Waals surface area contributed by atoms with Crippen LogP contribution < -0.4 is 5.73 Å². The SMILES string of the molecule is CC(C)[C@H](N)C(=O)N(CC1CCN(Cc2ccccc2)C1)C(C)C. The average Bonchev–Trinajstić information content (AvgIpc) is 2.99. The second kappa shape index (κ2) is 8.63. The Morgan fingerprint density at radius 1 is 1.25 bits per heavy atom. The van der Waals surface area contributed by atoms with E-state index in [1.54, 1.807) is 0 Å². The molecule has 24 heavy (non-hydrogen) atoms. The lowest BCUT2D eigenvalue weighted by atomic mass is 10.0. The smallest absolute Gasteiger partial charge is 0.239 e. The molecule has 1 aliphatic rings. The summed E-state index contributed by atoms with van der Waals surface area (Å²) in [6, 6.07) is 10.4. The van der Waals surface area contributed by atoms with Gasteiger partial charge in [-0.05, 0) is 44.2 Å². The third-order valence-corrected chi connectivity index (χ3v) is 4.98. The lowest BCUT2D eigenvalue weighted by Gasteiger charge is -2.32. The summed E-state index contributed by atoms with van der Waals surface area (Å²) in [5.74, 6) is 0.817. The Morgan fingerprint density at radius 3 is 2.50 bits per heavy atom. The zero-order valence-corrected chi connectivity index (χ0v) is 15.6. The second-order valence-electron chi connectivity index (χ2n) is 7.73. The number of benzene rings is 1. The van der Waals surface area contributed by atoms with E-state index in [9.17, 15) is 4.79 Å². The first-order valence-corrected chi connectivity index (χ1v) is 9.20. The molecular formula is C20H33N3O. The molecule has 2 atom stereocenters. The van der Waals surface area contributed by atoms with Gasteiger partial charge in [0.25, 0.3) is 0 Å². The Hall–Kier alpha value is -1.39. The molecule has 0 saturated carbocycles. The Balaban J connectivity index is 1.90. The molecular weight excluding hydrogens is 298 g/mol. The van der Waals surface area contributed by atoms with Gasteiger partial charge in [0.05, 0.1) is 6.04 Å². The van der Waals surface area contributed by atoms with Crippen molar-refractivity contribution in [1.82, 2.24) is 9.80 Å². The Kier molecular flexibility index (Phi) is 6.81. The van der Waals surface area contributed by atoms with Crippen LogP contribution in [0.3, 0.4) is 0 Å². The maximum absolute atomic E-state index is 12.7. The van der Waals surface area contributed by atoms with Crippen molar-refractivity contribution in [3.63, 3.8) is 0 Å². The van der Waals surface area contributed by atoms with Crippen LogP contribution in [0.25, 0.3) is 0 Å². The molecule has 1 amide bonds. The zero-order valence-electron chi connectivity index (χ0n) is 15.6. The Bertz CT molecular complexity index is 515. The lowest BCUT2D eigenvalue weighted by molar-refractivity contribution is -0.136. The molecule has 1 aromatic carbocycles. The van der Waals surface area contributed by atoms with Crippen molar-refractivity contribution in [2.45, 2.75) is 52.7 Å². The molecule has 1 aromatic rings. The molecule has 0 spiro atoms. The summed E-state index contributed by atoms with van der Waals surface area (Å²) in [7, 11) is 0. The third kappa shape index (κ3) is 5.05. The van der Waals surface area contributed by atoms with Crippen molar-refractivity contribution >= 4 is 5.91 Å². The van der Waals surface area contributed by atoms with Gasteiger partial charge in [0.2, 0.25) is 5.91 Å². The van der Waals surface area contributed by atoms with Gasteiger partial charge in [-0.1, -0.05) is 44.2 Å². The van der Waals surface area contributed by atoms with Gasteiger partial charge in [-0.2, -0.15) is 0 Å². The van der Waals surface area contributed by atoms with Gasteiger partial charge in [0.15, 0.2) is 0 Å². The van der Waals surface area contributed by atoms with Gasteiger partial charge in [0.1, 0.15) is 0 Å². The first-order chi connectivity index (χ1) is 11.4. The molecule has 2 N–H and O–H groups in total. The van der Waals surface area contributed by atoms with E-state index in [-0.39, 0.29) is 17.9 Å². The van der Waals surface area contributed by atoms with Gasteiger partial charge in [-0.15, -0.1) is 0 Å². The fraction of sp³-hybridized carbons (Fsp3) is 0.650. The van der Waals surface area contributed by atoms with Crippen LogP contribution in [0.15, 0.2) is 30.3 Å². The first kappa shape index (κ1) is 18.9. The van der Waals surface area contributed by atoms with Gasteiger partial charge >= 0.3 is 0 Å². The summed E-state index contributed by atoms with van der Waals surface area (Å²) in [5.41, 5.74) is 7.46. The predicted molar refractivity (Wildman–Crippen MR) is 99.5 cm³/mol. The van der Waals surface area contributed by atoms with Crippen LogP contribution >= 0.6 is 0 Å². The highest BCUT2D eigenvalue weighted by molar-refractivity contribution is 5.82. The van der Waals surface area contributed by atoms with E-state index in [0.717, 1.165) is 32.6 Å². The number of nitrogens with two attached hydrogens (primary N) is 1. The normalized spacial score (nSPS) is 19.9. The molecule has 1 heterocycles. The first-order valence-electron chi connectivity index (χ1n) is 9.20. The van der Waals surface area contributed by atoms with Crippen LogP contribution in [0.1, 0.15) is 39.7 Å². The van der Waals surface area contributed by atoms with Crippen LogP contribution in [-0.4, -0.2) is 47.4 Å². The van der Waals surface area contributed by atoms with E-state index >= 15 is 0 Å². The highest BCUT2D eigenvalue weighted by atomic mass is 16.2. The van der Waals surface area contributed by atoms with Crippen LogP contribution in [0, 0.1) is 11.8 Å². The molecule has 1 saturated heterocycles. The minimum absolute atomic E-state index is 0.0986. The summed E-state index contributed by atoms with van der Waals surface area (Å²) < 4.78 is 0. The van der Waals surface area contributed by atoms with E-state index in [2.05, 4.69) is 49.1 Å². The molecule has 0 aliphatic carbocycles. The lowest BCUT2D eigenvalue weighted by Crippen LogP contribution is -2.50. The van der Waals surface area contributed by atoms with E-state index in [0.29, 0.717) is 5.92 Å². The highest BCUT2D eigenvalue weighted by Crippen LogP contribution is 2.21. The van der Waals surface area contributed by atoms with Crippen molar-refractivity contribution < 1.29 is 4.79 Å². The number of likely N-dealkylation sites (tertiary alicyclic amines) is 1. The van der Waals surface area contributed by atoms with E-state index in [1.807, 2.05) is 18.7 Å². The summed E-state index contributed by atoms with van der Waals surface area (Å²) in [6.45, 7) is 12.2. The quantitative estimate of drug-likeness (QED) is 0.836.